The van der Waals surface area contributed by atoms with Crippen molar-refractivity contribution in [1.82, 2.24) is 10.3 Å². The van der Waals surface area contributed by atoms with E-state index >= 15 is 0 Å². The van der Waals surface area contributed by atoms with Crippen molar-refractivity contribution in [3.8, 4) is 0 Å². The van der Waals surface area contributed by atoms with Crippen LogP contribution in [-0.2, 0) is 14.3 Å². The molecule has 102 valence electrons. The van der Waals surface area contributed by atoms with E-state index < -0.39 is 23.8 Å². The summed E-state index contributed by atoms with van der Waals surface area (Å²) in [6.07, 6.45) is 1.54. The third kappa shape index (κ3) is 4.74. The summed E-state index contributed by atoms with van der Waals surface area (Å²) in [5, 5.41) is 2.43. The van der Waals surface area contributed by atoms with E-state index in [1.165, 1.54) is 19.4 Å². The molecule has 7 nitrogen and oxygen atoms in total. The number of rotatable bonds is 6. The number of primary amides is 1. The standard InChI is InChI=1S/C12H15N3O4/c1-19-10(16)6-5-8(11(13)17)15-12(18)9-4-2-3-7-14-9/h2-4,7-8H,5-6H2,1H3,(H2,13,17)(H,15,18)/t8-/m0/s1. The van der Waals surface area contributed by atoms with E-state index in [1.54, 1.807) is 12.1 Å². The summed E-state index contributed by atoms with van der Waals surface area (Å²) < 4.78 is 4.45. The first-order valence-corrected chi connectivity index (χ1v) is 5.62. The second-order valence-corrected chi connectivity index (χ2v) is 3.76. The molecule has 1 atom stereocenters. The second kappa shape index (κ2) is 7.10. The Balaban J connectivity index is 2.61. The van der Waals surface area contributed by atoms with Gasteiger partial charge in [0, 0.05) is 12.6 Å². The van der Waals surface area contributed by atoms with Gasteiger partial charge in [0.1, 0.15) is 11.7 Å². The number of nitrogens with two attached hydrogens (primary N) is 1. The number of ether oxygens (including phenoxy) is 1. The predicted octanol–water partition coefficient (Wildman–Crippen LogP) is -0.381. The maximum atomic E-state index is 11.8. The number of hydrogen-bond donors (Lipinski definition) is 2. The van der Waals surface area contributed by atoms with Crippen molar-refractivity contribution in [2.24, 2.45) is 5.73 Å². The zero-order valence-electron chi connectivity index (χ0n) is 10.5. The van der Waals surface area contributed by atoms with Crippen LogP contribution in [0.15, 0.2) is 24.4 Å². The van der Waals surface area contributed by atoms with Crippen molar-refractivity contribution in [1.29, 1.82) is 0 Å². The summed E-state index contributed by atoms with van der Waals surface area (Å²) in [6, 6.07) is 3.89. The molecule has 0 saturated carbocycles. The Kier molecular flexibility index (Phi) is 5.46. The lowest BCUT2D eigenvalue weighted by molar-refractivity contribution is -0.140. The van der Waals surface area contributed by atoms with E-state index in [1.807, 2.05) is 0 Å². The van der Waals surface area contributed by atoms with E-state index in [0.29, 0.717) is 0 Å². The van der Waals surface area contributed by atoms with Gasteiger partial charge in [-0.1, -0.05) is 6.07 Å². The first-order chi connectivity index (χ1) is 9.04. The molecule has 0 aliphatic heterocycles. The van der Waals surface area contributed by atoms with Crippen LogP contribution >= 0.6 is 0 Å². The number of nitrogens with one attached hydrogen (secondary N) is 1. The quantitative estimate of drug-likeness (QED) is 0.681. The summed E-state index contributed by atoms with van der Waals surface area (Å²) in [5.74, 6) is -1.71. The smallest absolute Gasteiger partial charge is 0.305 e. The van der Waals surface area contributed by atoms with E-state index in [-0.39, 0.29) is 18.5 Å². The summed E-state index contributed by atoms with van der Waals surface area (Å²) in [5.41, 5.74) is 5.34. The second-order valence-electron chi connectivity index (χ2n) is 3.76. The van der Waals surface area contributed by atoms with Crippen LogP contribution in [-0.4, -0.2) is 35.9 Å². The summed E-state index contributed by atoms with van der Waals surface area (Å²) in [7, 11) is 1.24. The molecule has 2 amide bonds. The van der Waals surface area contributed by atoms with Crippen LogP contribution in [0.4, 0.5) is 0 Å². The van der Waals surface area contributed by atoms with Crippen LogP contribution in [0.1, 0.15) is 23.3 Å². The van der Waals surface area contributed by atoms with Crippen LogP contribution < -0.4 is 11.1 Å². The molecule has 3 N–H and O–H groups in total. The fourth-order valence-electron chi connectivity index (χ4n) is 1.38. The maximum absolute atomic E-state index is 11.8. The van der Waals surface area contributed by atoms with Gasteiger partial charge in [-0.15, -0.1) is 0 Å². The molecule has 0 saturated heterocycles. The van der Waals surface area contributed by atoms with E-state index in [2.05, 4.69) is 15.0 Å². The highest BCUT2D eigenvalue weighted by atomic mass is 16.5. The molecule has 0 aliphatic rings. The SMILES string of the molecule is COC(=O)CC[C@H](NC(=O)c1ccccn1)C(N)=O. The van der Waals surface area contributed by atoms with Crippen molar-refractivity contribution < 1.29 is 19.1 Å². The Bertz CT molecular complexity index is 461. The van der Waals surface area contributed by atoms with E-state index in [0.717, 1.165) is 0 Å². The minimum absolute atomic E-state index is 0.00734. The van der Waals surface area contributed by atoms with Gasteiger partial charge in [-0.3, -0.25) is 19.4 Å². The van der Waals surface area contributed by atoms with Gasteiger partial charge in [-0.05, 0) is 18.6 Å². The monoisotopic (exact) mass is 265 g/mol. The average Bonchev–Trinajstić information content (AvgIpc) is 2.43. The van der Waals surface area contributed by atoms with Crippen molar-refractivity contribution in [3.63, 3.8) is 0 Å². The minimum Gasteiger partial charge on any atom is -0.469 e. The van der Waals surface area contributed by atoms with Gasteiger partial charge in [0.2, 0.25) is 5.91 Å². The number of methoxy groups -OCH3 is 1. The van der Waals surface area contributed by atoms with Crippen LogP contribution in [0.5, 0.6) is 0 Å². The third-order valence-corrected chi connectivity index (χ3v) is 2.41. The van der Waals surface area contributed by atoms with Gasteiger partial charge in [0.05, 0.1) is 7.11 Å². The first kappa shape index (κ1) is 14.6. The number of esters is 1. The van der Waals surface area contributed by atoms with Crippen molar-refractivity contribution in [2.75, 3.05) is 7.11 Å². The number of nitrogens with zero attached hydrogens (tertiary/aromatic N) is 1. The molecule has 19 heavy (non-hydrogen) atoms. The van der Waals surface area contributed by atoms with Gasteiger partial charge in [0.25, 0.3) is 5.91 Å². The summed E-state index contributed by atoms with van der Waals surface area (Å²) in [4.78, 5) is 37.8. The molecule has 0 spiro atoms. The van der Waals surface area contributed by atoms with E-state index in [9.17, 15) is 14.4 Å². The van der Waals surface area contributed by atoms with Gasteiger partial charge < -0.3 is 15.8 Å². The Morgan fingerprint density at radius 3 is 2.68 bits per heavy atom. The molecule has 0 bridgehead atoms. The highest BCUT2D eigenvalue weighted by Crippen LogP contribution is 2.01. The van der Waals surface area contributed by atoms with Crippen LogP contribution in [0.3, 0.4) is 0 Å². The fraction of sp³-hybridized carbons (Fsp3) is 0.333. The third-order valence-electron chi connectivity index (χ3n) is 2.41. The van der Waals surface area contributed by atoms with Gasteiger partial charge >= 0.3 is 5.97 Å². The van der Waals surface area contributed by atoms with E-state index in [4.69, 9.17) is 5.73 Å². The number of hydrogen-bond acceptors (Lipinski definition) is 5. The van der Waals surface area contributed by atoms with Gasteiger partial charge in [0.15, 0.2) is 0 Å². The average molecular weight is 265 g/mol. The topological polar surface area (TPSA) is 111 Å². The Morgan fingerprint density at radius 2 is 2.16 bits per heavy atom. The molecule has 1 aromatic heterocycles. The lowest BCUT2D eigenvalue weighted by Gasteiger charge is -2.14. The minimum atomic E-state index is -0.936. The molecule has 0 unspecified atom stereocenters. The number of pyridine rings is 1. The molecule has 0 aliphatic carbocycles. The van der Waals surface area contributed by atoms with Gasteiger partial charge in [-0.25, -0.2) is 0 Å². The molecule has 0 radical (unpaired) electrons. The fourth-order valence-corrected chi connectivity index (χ4v) is 1.38. The molecular weight excluding hydrogens is 250 g/mol. The molecule has 1 heterocycles. The lowest BCUT2D eigenvalue weighted by atomic mass is 10.1. The number of aromatic nitrogens is 1. The molecular formula is C12H15N3O4. The highest BCUT2D eigenvalue weighted by Gasteiger charge is 2.20. The zero-order chi connectivity index (χ0) is 14.3. The molecule has 0 fully saturated rings. The summed E-state index contributed by atoms with van der Waals surface area (Å²) in [6.45, 7) is 0. The Morgan fingerprint density at radius 1 is 1.42 bits per heavy atom. The van der Waals surface area contributed by atoms with Crippen LogP contribution in [0.2, 0.25) is 0 Å². The normalized spacial score (nSPS) is 11.4. The lowest BCUT2D eigenvalue weighted by Crippen LogP contribution is -2.44. The van der Waals surface area contributed by atoms with Crippen molar-refractivity contribution in [2.45, 2.75) is 18.9 Å². The molecule has 0 aromatic carbocycles. The number of carbonyl (C=O) groups is 3. The van der Waals surface area contributed by atoms with Crippen LogP contribution in [0, 0.1) is 0 Å². The largest absolute Gasteiger partial charge is 0.469 e. The van der Waals surface area contributed by atoms with Crippen molar-refractivity contribution >= 4 is 17.8 Å². The Labute approximate surface area is 110 Å². The van der Waals surface area contributed by atoms with Gasteiger partial charge in [-0.2, -0.15) is 0 Å². The van der Waals surface area contributed by atoms with Crippen molar-refractivity contribution in [3.05, 3.63) is 30.1 Å². The predicted molar refractivity (Wildman–Crippen MR) is 65.9 cm³/mol. The maximum Gasteiger partial charge on any atom is 0.305 e. The number of carbonyl (C=O) groups excluding carboxylic acids is 3. The van der Waals surface area contributed by atoms with Crippen LogP contribution in [0.25, 0.3) is 0 Å². The molecule has 1 aromatic rings. The first-order valence-electron chi connectivity index (χ1n) is 5.62. The molecule has 1 rings (SSSR count). The number of amides is 2. The molecule has 7 heteroatoms. The zero-order valence-corrected chi connectivity index (χ0v) is 10.5. The summed E-state index contributed by atoms with van der Waals surface area (Å²) >= 11 is 0. The highest BCUT2D eigenvalue weighted by molar-refractivity contribution is 5.95. The Hall–Kier alpha value is -2.44.